The van der Waals surface area contributed by atoms with E-state index < -0.39 is 5.97 Å². The Morgan fingerprint density at radius 2 is 2.00 bits per heavy atom. The lowest BCUT2D eigenvalue weighted by Gasteiger charge is -2.32. The van der Waals surface area contributed by atoms with Gasteiger partial charge >= 0.3 is 12.0 Å². The molecule has 1 saturated heterocycles. The van der Waals surface area contributed by atoms with Gasteiger partial charge in [-0.2, -0.15) is 0 Å². The second-order valence-corrected chi connectivity index (χ2v) is 5.87. The molecule has 1 atom stereocenters. The van der Waals surface area contributed by atoms with E-state index in [0.29, 0.717) is 19.1 Å². The van der Waals surface area contributed by atoms with Crippen molar-refractivity contribution in [1.82, 2.24) is 15.5 Å². The topological polar surface area (TPSA) is 81.7 Å². The van der Waals surface area contributed by atoms with Crippen molar-refractivity contribution in [2.75, 3.05) is 26.2 Å². The number of hydrogen-bond acceptors (Lipinski definition) is 3. The molecule has 2 amide bonds. The molecule has 1 aliphatic carbocycles. The van der Waals surface area contributed by atoms with Gasteiger partial charge in [-0.05, 0) is 44.6 Å². The summed E-state index contributed by atoms with van der Waals surface area (Å²) in [7, 11) is 0. The average molecular weight is 283 g/mol. The Balaban J connectivity index is 1.59. The zero-order valence-electron chi connectivity index (χ0n) is 11.9. The first kappa shape index (κ1) is 15.1. The second kappa shape index (κ2) is 7.47. The summed E-state index contributed by atoms with van der Waals surface area (Å²) in [6.45, 7) is 2.94. The monoisotopic (exact) mass is 283 g/mol. The van der Waals surface area contributed by atoms with Crippen molar-refractivity contribution in [2.24, 2.45) is 5.92 Å². The van der Waals surface area contributed by atoms with E-state index in [2.05, 4.69) is 10.6 Å². The number of carboxylic acids is 1. The maximum atomic E-state index is 12.0. The number of rotatable bonds is 7. The third kappa shape index (κ3) is 5.36. The van der Waals surface area contributed by atoms with Gasteiger partial charge in [0.1, 0.15) is 0 Å². The molecule has 1 saturated carbocycles. The average Bonchev–Trinajstić information content (AvgIpc) is 3.22. The van der Waals surface area contributed by atoms with Crippen LogP contribution in [0.1, 0.15) is 38.5 Å². The van der Waals surface area contributed by atoms with Crippen molar-refractivity contribution in [3.05, 3.63) is 0 Å². The summed E-state index contributed by atoms with van der Waals surface area (Å²) in [5, 5.41) is 15.1. The molecule has 20 heavy (non-hydrogen) atoms. The number of piperidine rings is 1. The van der Waals surface area contributed by atoms with Crippen LogP contribution in [0.3, 0.4) is 0 Å². The van der Waals surface area contributed by atoms with Crippen molar-refractivity contribution >= 4 is 12.0 Å². The molecule has 6 heteroatoms. The van der Waals surface area contributed by atoms with Crippen molar-refractivity contribution < 1.29 is 14.7 Å². The number of carbonyl (C=O) groups is 2. The summed E-state index contributed by atoms with van der Waals surface area (Å²) >= 11 is 0. The maximum Gasteiger partial charge on any atom is 0.317 e. The third-order valence-corrected chi connectivity index (χ3v) is 3.91. The van der Waals surface area contributed by atoms with Crippen LogP contribution in [-0.2, 0) is 4.79 Å². The van der Waals surface area contributed by atoms with E-state index in [0.717, 1.165) is 32.4 Å². The molecule has 0 aromatic heterocycles. The molecule has 2 fully saturated rings. The largest absolute Gasteiger partial charge is 0.481 e. The summed E-state index contributed by atoms with van der Waals surface area (Å²) in [5.41, 5.74) is 0. The van der Waals surface area contributed by atoms with Gasteiger partial charge in [0, 0.05) is 32.1 Å². The van der Waals surface area contributed by atoms with Gasteiger partial charge in [0.15, 0.2) is 0 Å². The van der Waals surface area contributed by atoms with Crippen LogP contribution in [0.25, 0.3) is 0 Å². The molecule has 1 heterocycles. The fourth-order valence-electron chi connectivity index (χ4n) is 2.65. The number of aliphatic carboxylic acids is 1. The van der Waals surface area contributed by atoms with E-state index in [1.165, 1.54) is 12.8 Å². The Bertz CT molecular complexity index is 345. The first-order valence-electron chi connectivity index (χ1n) is 7.63. The highest BCUT2D eigenvalue weighted by Gasteiger charge is 2.25. The minimum absolute atomic E-state index is 0.0495. The minimum Gasteiger partial charge on any atom is -0.481 e. The van der Waals surface area contributed by atoms with E-state index in [1.54, 1.807) is 4.90 Å². The van der Waals surface area contributed by atoms with Crippen molar-refractivity contribution in [3.63, 3.8) is 0 Å². The zero-order chi connectivity index (χ0) is 14.4. The van der Waals surface area contributed by atoms with Gasteiger partial charge in [0.05, 0.1) is 0 Å². The fourth-order valence-corrected chi connectivity index (χ4v) is 2.65. The first-order chi connectivity index (χ1) is 9.65. The van der Waals surface area contributed by atoms with E-state index in [4.69, 9.17) is 5.11 Å². The summed E-state index contributed by atoms with van der Waals surface area (Å²) < 4.78 is 0. The Morgan fingerprint density at radius 1 is 1.20 bits per heavy atom. The molecule has 1 unspecified atom stereocenters. The van der Waals surface area contributed by atoms with E-state index >= 15 is 0 Å². The standard InChI is InChI=1S/C14H25N3O3/c18-13(19)9-11-3-1-8-17(10-11)14(20)16-7-2-6-15-12-4-5-12/h11-12,15H,1-10H2,(H,16,20)(H,18,19). The molecule has 0 aromatic carbocycles. The molecule has 1 aliphatic heterocycles. The van der Waals surface area contributed by atoms with Gasteiger partial charge < -0.3 is 20.6 Å². The summed E-state index contributed by atoms with van der Waals surface area (Å²) in [4.78, 5) is 24.5. The molecule has 0 aromatic rings. The molecule has 2 rings (SSSR count). The zero-order valence-corrected chi connectivity index (χ0v) is 11.9. The number of carbonyl (C=O) groups excluding carboxylic acids is 1. The number of nitrogens with one attached hydrogen (secondary N) is 2. The van der Waals surface area contributed by atoms with Crippen LogP contribution in [0, 0.1) is 5.92 Å². The molecule has 0 spiro atoms. The van der Waals surface area contributed by atoms with Crippen LogP contribution in [-0.4, -0.2) is 54.2 Å². The molecular weight excluding hydrogens is 258 g/mol. The van der Waals surface area contributed by atoms with Crippen LogP contribution in [0.5, 0.6) is 0 Å². The highest BCUT2D eigenvalue weighted by Crippen LogP contribution is 2.19. The summed E-state index contributed by atoms with van der Waals surface area (Å²) in [5.74, 6) is -0.674. The second-order valence-electron chi connectivity index (χ2n) is 5.87. The van der Waals surface area contributed by atoms with E-state index in [9.17, 15) is 9.59 Å². The smallest absolute Gasteiger partial charge is 0.317 e. The minimum atomic E-state index is -0.775. The molecular formula is C14H25N3O3. The fraction of sp³-hybridized carbons (Fsp3) is 0.857. The van der Waals surface area contributed by atoms with E-state index in [1.807, 2.05) is 0 Å². The quantitative estimate of drug-likeness (QED) is 0.609. The maximum absolute atomic E-state index is 12.0. The lowest BCUT2D eigenvalue weighted by molar-refractivity contribution is -0.138. The molecule has 6 nitrogen and oxygen atoms in total. The Kier molecular flexibility index (Phi) is 5.64. The predicted octanol–water partition coefficient (Wildman–Crippen LogP) is 1.02. The first-order valence-corrected chi connectivity index (χ1v) is 7.63. The van der Waals surface area contributed by atoms with Crippen LogP contribution < -0.4 is 10.6 Å². The van der Waals surface area contributed by atoms with Gasteiger partial charge in [-0.25, -0.2) is 4.79 Å². The molecule has 0 radical (unpaired) electrons. The van der Waals surface area contributed by atoms with Crippen molar-refractivity contribution in [3.8, 4) is 0 Å². The Morgan fingerprint density at radius 3 is 2.70 bits per heavy atom. The number of urea groups is 1. The lowest BCUT2D eigenvalue weighted by atomic mass is 9.95. The molecule has 114 valence electrons. The summed E-state index contributed by atoms with van der Waals surface area (Å²) in [6.07, 6.45) is 5.47. The van der Waals surface area contributed by atoms with Crippen LogP contribution in [0.4, 0.5) is 4.79 Å². The van der Waals surface area contributed by atoms with Crippen LogP contribution in [0.15, 0.2) is 0 Å². The number of hydrogen-bond donors (Lipinski definition) is 3. The molecule has 3 N–H and O–H groups in total. The Labute approximate surface area is 119 Å². The van der Waals surface area contributed by atoms with E-state index in [-0.39, 0.29) is 18.4 Å². The number of amides is 2. The van der Waals surface area contributed by atoms with Gasteiger partial charge in [-0.15, -0.1) is 0 Å². The van der Waals surface area contributed by atoms with Gasteiger partial charge in [0.2, 0.25) is 0 Å². The Hall–Kier alpha value is -1.30. The third-order valence-electron chi connectivity index (χ3n) is 3.91. The molecule has 0 bridgehead atoms. The molecule has 2 aliphatic rings. The lowest BCUT2D eigenvalue weighted by Crippen LogP contribution is -2.46. The van der Waals surface area contributed by atoms with Gasteiger partial charge in [0.25, 0.3) is 0 Å². The highest BCUT2D eigenvalue weighted by atomic mass is 16.4. The highest BCUT2D eigenvalue weighted by molar-refractivity contribution is 5.74. The number of carboxylic acid groups (broad SMARTS) is 1. The number of nitrogens with zero attached hydrogens (tertiary/aromatic N) is 1. The van der Waals surface area contributed by atoms with Crippen molar-refractivity contribution in [2.45, 2.75) is 44.6 Å². The van der Waals surface area contributed by atoms with Gasteiger partial charge in [-0.1, -0.05) is 0 Å². The van der Waals surface area contributed by atoms with Crippen LogP contribution >= 0.6 is 0 Å². The SMILES string of the molecule is O=C(O)CC1CCCN(C(=O)NCCCNC2CC2)C1. The normalized spacial score (nSPS) is 22.6. The predicted molar refractivity (Wildman–Crippen MR) is 75.6 cm³/mol. The van der Waals surface area contributed by atoms with Gasteiger partial charge in [-0.3, -0.25) is 4.79 Å². The van der Waals surface area contributed by atoms with Crippen molar-refractivity contribution in [1.29, 1.82) is 0 Å². The van der Waals surface area contributed by atoms with Crippen LogP contribution in [0.2, 0.25) is 0 Å². The summed E-state index contributed by atoms with van der Waals surface area (Å²) in [6, 6.07) is 0.663. The number of likely N-dealkylation sites (tertiary alicyclic amines) is 1.